The minimum atomic E-state index is -3.77. The van der Waals surface area contributed by atoms with Gasteiger partial charge in [0.1, 0.15) is 10.8 Å². The number of aromatic nitrogens is 2. The number of thiazole rings is 1. The van der Waals surface area contributed by atoms with Crippen molar-refractivity contribution in [2.45, 2.75) is 25.2 Å². The third kappa shape index (κ3) is 5.30. The maximum absolute atomic E-state index is 12.3. The first-order chi connectivity index (χ1) is 14.9. The molecule has 0 radical (unpaired) electrons. The minimum absolute atomic E-state index is 0.0500. The van der Waals surface area contributed by atoms with Crippen molar-refractivity contribution < 1.29 is 17.3 Å². The summed E-state index contributed by atoms with van der Waals surface area (Å²) < 4.78 is 35.3. The third-order valence-corrected chi connectivity index (χ3v) is 7.50. The van der Waals surface area contributed by atoms with Gasteiger partial charge in [-0.05, 0) is 38.1 Å². The van der Waals surface area contributed by atoms with Gasteiger partial charge in [0.25, 0.3) is 10.1 Å². The molecule has 0 saturated carbocycles. The predicted octanol–water partition coefficient (Wildman–Crippen LogP) is 3.61. The van der Waals surface area contributed by atoms with E-state index >= 15 is 0 Å². The van der Waals surface area contributed by atoms with Gasteiger partial charge in [-0.3, -0.25) is 4.18 Å². The van der Waals surface area contributed by atoms with Gasteiger partial charge in [0, 0.05) is 36.1 Å². The first-order valence-corrected chi connectivity index (χ1v) is 12.4. The summed E-state index contributed by atoms with van der Waals surface area (Å²) in [6.07, 6.45) is 2.26. The summed E-state index contributed by atoms with van der Waals surface area (Å²) in [5.41, 5.74) is 2.79. The quantitative estimate of drug-likeness (QED) is 0.499. The highest BCUT2D eigenvalue weighted by molar-refractivity contribution is 7.86. The van der Waals surface area contributed by atoms with E-state index in [1.54, 1.807) is 35.6 Å². The van der Waals surface area contributed by atoms with Gasteiger partial charge in [-0.2, -0.15) is 8.42 Å². The van der Waals surface area contributed by atoms with Crippen LogP contribution < -0.4 is 4.90 Å². The number of ether oxygens (including phenoxy) is 1. The Balaban J connectivity index is 1.39. The topological polar surface area (TPSA) is 81.6 Å². The first-order valence-electron chi connectivity index (χ1n) is 10.1. The van der Waals surface area contributed by atoms with Crippen LogP contribution in [0.5, 0.6) is 0 Å². The molecule has 164 valence electrons. The number of aryl methyl sites for hydroxylation is 2. The number of rotatable bonds is 7. The highest BCUT2D eigenvalue weighted by atomic mass is 32.2. The van der Waals surface area contributed by atoms with Crippen LogP contribution in [0, 0.1) is 13.8 Å². The first kappa shape index (κ1) is 21.9. The van der Waals surface area contributed by atoms with Crippen LogP contribution in [0.25, 0.3) is 10.6 Å². The van der Waals surface area contributed by atoms with Crippen molar-refractivity contribution in [3.8, 4) is 10.6 Å². The molecule has 1 aliphatic heterocycles. The molecule has 1 saturated heterocycles. The van der Waals surface area contributed by atoms with Crippen molar-refractivity contribution in [2.75, 3.05) is 37.8 Å². The zero-order valence-corrected chi connectivity index (χ0v) is 19.2. The Morgan fingerprint density at radius 3 is 2.52 bits per heavy atom. The Hall–Kier alpha value is -2.33. The fourth-order valence-corrected chi connectivity index (χ4v) is 5.15. The molecular weight excluding hydrogens is 434 g/mol. The van der Waals surface area contributed by atoms with Gasteiger partial charge >= 0.3 is 0 Å². The SMILES string of the molecule is Cc1ccc(S(=O)(=O)OCCc2nc(-c3ccc(N4CCOCC4)nc3)sc2C)cc1. The lowest BCUT2D eigenvalue weighted by atomic mass is 10.2. The van der Waals surface area contributed by atoms with Crippen LogP contribution in [0.4, 0.5) is 5.82 Å². The molecule has 2 aromatic heterocycles. The Kier molecular flexibility index (Phi) is 6.66. The summed E-state index contributed by atoms with van der Waals surface area (Å²) in [6, 6.07) is 10.7. The smallest absolute Gasteiger partial charge is 0.296 e. The molecule has 3 heterocycles. The molecule has 0 bridgehead atoms. The summed E-state index contributed by atoms with van der Waals surface area (Å²) >= 11 is 1.58. The maximum atomic E-state index is 12.3. The van der Waals surface area contributed by atoms with Crippen LogP contribution in [0.3, 0.4) is 0 Å². The van der Waals surface area contributed by atoms with E-state index in [1.165, 1.54) is 0 Å². The summed E-state index contributed by atoms with van der Waals surface area (Å²) in [7, 11) is -3.77. The van der Waals surface area contributed by atoms with Crippen molar-refractivity contribution in [3.63, 3.8) is 0 Å². The van der Waals surface area contributed by atoms with Gasteiger partial charge in [0.05, 0.1) is 30.4 Å². The molecular formula is C22H25N3O4S2. The van der Waals surface area contributed by atoms with Gasteiger partial charge in [0.2, 0.25) is 0 Å². The minimum Gasteiger partial charge on any atom is -0.378 e. The summed E-state index contributed by atoms with van der Waals surface area (Å²) in [5, 5.41) is 0.870. The van der Waals surface area contributed by atoms with Crippen molar-refractivity contribution in [1.82, 2.24) is 9.97 Å². The molecule has 0 aliphatic carbocycles. The summed E-state index contributed by atoms with van der Waals surface area (Å²) in [5.74, 6) is 0.940. The number of anilines is 1. The van der Waals surface area contributed by atoms with Crippen molar-refractivity contribution in [3.05, 3.63) is 58.7 Å². The van der Waals surface area contributed by atoms with E-state index in [1.807, 2.05) is 32.2 Å². The van der Waals surface area contributed by atoms with Gasteiger partial charge in [0.15, 0.2) is 0 Å². The second-order valence-electron chi connectivity index (χ2n) is 7.37. The van der Waals surface area contributed by atoms with E-state index in [0.29, 0.717) is 6.42 Å². The molecule has 0 amide bonds. The summed E-state index contributed by atoms with van der Waals surface area (Å²) in [6.45, 7) is 7.08. The van der Waals surface area contributed by atoms with E-state index < -0.39 is 10.1 Å². The number of nitrogens with zero attached hydrogens (tertiary/aromatic N) is 3. The number of morpholine rings is 1. The zero-order valence-electron chi connectivity index (χ0n) is 17.6. The average Bonchev–Trinajstić information content (AvgIpc) is 3.15. The highest BCUT2D eigenvalue weighted by Crippen LogP contribution is 2.29. The average molecular weight is 460 g/mol. The summed E-state index contributed by atoms with van der Waals surface area (Å²) in [4.78, 5) is 12.7. The fraction of sp³-hybridized carbons (Fsp3) is 0.364. The Morgan fingerprint density at radius 2 is 1.84 bits per heavy atom. The number of hydrogen-bond donors (Lipinski definition) is 0. The Bertz CT molecular complexity index is 1120. The van der Waals surface area contributed by atoms with E-state index in [4.69, 9.17) is 13.9 Å². The Labute approximate surface area is 186 Å². The molecule has 9 heteroatoms. The molecule has 31 heavy (non-hydrogen) atoms. The molecule has 3 aromatic rings. The highest BCUT2D eigenvalue weighted by Gasteiger charge is 2.17. The standard InChI is InChI=1S/C22H25N3O4S2/c1-16-3-6-19(7-4-16)31(26,27)29-12-9-20-17(2)30-22(24-20)18-5-8-21(23-15-18)25-10-13-28-14-11-25/h3-8,15H,9-14H2,1-2H3. The molecule has 7 nitrogen and oxygen atoms in total. The predicted molar refractivity (Wildman–Crippen MR) is 121 cm³/mol. The van der Waals surface area contributed by atoms with Gasteiger partial charge in [-0.25, -0.2) is 9.97 Å². The molecule has 0 N–H and O–H groups in total. The lowest BCUT2D eigenvalue weighted by Gasteiger charge is -2.27. The van der Waals surface area contributed by atoms with Crippen LogP contribution in [0.1, 0.15) is 16.1 Å². The number of pyridine rings is 1. The molecule has 0 atom stereocenters. The largest absolute Gasteiger partial charge is 0.378 e. The van der Waals surface area contributed by atoms with Crippen LogP contribution in [0.15, 0.2) is 47.5 Å². The van der Waals surface area contributed by atoms with Crippen LogP contribution in [0.2, 0.25) is 0 Å². The monoisotopic (exact) mass is 459 g/mol. The third-order valence-electron chi connectivity index (χ3n) is 5.11. The van der Waals surface area contributed by atoms with Gasteiger partial charge in [-0.1, -0.05) is 17.7 Å². The molecule has 1 fully saturated rings. The maximum Gasteiger partial charge on any atom is 0.296 e. The zero-order chi connectivity index (χ0) is 21.8. The van der Waals surface area contributed by atoms with Gasteiger partial charge < -0.3 is 9.64 Å². The van der Waals surface area contributed by atoms with Crippen LogP contribution >= 0.6 is 11.3 Å². The Morgan fingerprint density at radius 1 is 1.10 bits per heavy atom. The van der Waals surface area contributed by atoms with Crippen molar-refractivity contribution in [1.29, 1.82) is 0 Å². The van der Waals surface area contributed by atoms with Crippen molar-refractivity contribution >= 4 is 27.3 Å². The molecule has 0 spiro atoms. The number of benzene rings is 1. The van der Waals surface area contributed by atoms with E-state index in [2.05, 4.69) is 9.88 Å². The fourth-order valence-electron chi connectivity index (χ4n) is 3.30. The van der Waals surface area contributed by atoms with E-state index in [-0.39, 0.29) is 11.5 Å². The van der Waals surface area contributed by atoms with Crippen LogP contribution in [-0.4, -0.2) is 51.3 Å². The lowest BCUT2D eigenvalue weighted by Crippen LogP contribution is -2.36. The molecule has 1 aliphatic rings. The molecule has 1 aromatic carbocycles. The lowest BCUT2D eigenvalue weighted by molar-refractivity contribution is 0.122. The second-order valence-corrected chi connectivity index (χ2v) is 10.2. The van der Waals surface area contributed by atoms with Crippen molar-refractivity contribution in [2.24, 2.45) is 0 Å². The number of hydrogen-bond acceptors (Lipinski definition) is 8. The molecule has 4 rings (SSSR count). The van der Waals surface area contributed by atoms with Crippen LogP contribution in [-0.2, 0) is 25.5 Å². The second kappa shape index (κ2) is 9.44. The normalized spacial score (nSPS) is 14.7. The van der Waals surface area contributed by atoms with Gasteiger partial charge in [-0.15, -0.1) is 11.3 Å². The van der Waals surface area contributed by atoms with E-state index in [0.717, 1.165) is 58.8 Å². The van der Waals surface area contributed by atoms with E-state index in [9.17, 15) is 8.42 Å². The molecule has 0 unspecified atom stereocenters.